The summed E-state index contributed by atoms with van der Waals surface area (Å²) >= 11 is 0. The summed E-state index contributed by atoms with van der Waals surface area (Å²) in [5.41, 5.74) is 5.29. The predicted molar refractivity (Wildman–Crippen MR) is 53.6 cm³/mol. The SMILES string of the molecule is CS(=O)(=O)CCCNc1n[nH]c(N)n1. The molecule has 0 amide bonds. The Morgan fingerprint density at radius 1 is 1.57 bits per heavy atom. The van der Waals surface area contributed by atoms with Crippen LogP contribution < -0.4 is 11.1 Å². The maximum Gasteiger partial charge on any atom is 0.243 e. The van der Waals surface area contributed by atoms with E-state index in [1.165, 1.54) is 6.26 Å². The van der Waals surface area contributed by atoms with Gasteiger partial charge < -0.3 is 11.1 Å². The molecular weight excluding hydrogens is 206 g/mol. The molecule has 80 valence electrons. The van der Waals surface area contributed by atoms with Crippen LogP contribution in [0.25, 0.3) is 0 Å². The van der Waals surface area contributed by atoms with Crippen LogP contribution in [0.5, 0.6) is 0 Å². The molecule has 0 aliphatic carbocycles. The van der Waals surface area contributed by atoms with Gasteiger partial charge in [-0.1, -0.05) is 0 Å². The maximum absolute atomic E-state index is 10.8. The summed E-state index contributed by atoms with van der Waals surface area (Å²) in [6.45, 7) is 0.504. The lowest BCUT2D eigenvalue weighted by atomic mass is 10.5. The largest absolute Gasteiger partial charge is 0.368 e. The third-order valence-electron chi connectivity index (χ3n) is 1.48. The van der Waals surface area contributed by atoms with Crippen molar-refractivity contribution >= 4 is 21.7 Å². The Morgan fingerprint density at radius 3 is 2.79 bits per heavy atom. The Hall–Kier alpha value is -1.31. The van der Waals surface area contributed by atoms with E-state index >= 15 is 0 Å². The topological polar surface area (TPSA) is 114 Å². The number of rotatable bonds is 5. The van der Waals surface area contributed by atoms with Crippen LogP contribution in [0.3, 0.4) is 0 Å². The van der Waals surface area contributed by atoms with Crippen molar-refractivity contribution in [3.05, 3.63) is 0 Å². The fourth-order valence-electron chi connectivity index (χ4n) is 0.888. The van der Waals surface area contributed by atoms with Crippen LogP contribution in [-0.4, -0.2) is 42.2 Å². The second kappa shape index (κ2) is 4.27. The van der Waals surface area contributed by atoms with Gasteiger partial charge in [-0.3, -0.25) is 0 Å². The number of sulfone groups is 1. The summed E-state index contributed by atoms with van der Waals surface area (Å²) < 4.78 is 21.5. The molecule has 1 aromatic heterocycles. The highest BCUT2D eigenvalue weighted by Crippen LogP contribution is 1.98. The van der Waals surface area contributed by atoms with Crippen LogP contribution in [0.2, 0.25) is 0 Å². The number of hydrogen-bond acceptors (Lipinski definition) is 6. The summed E-state index contributed by atoms with van der Waals surface area (Å²) in [4.78, 5) is 3.80. The average molecular weight is 219 g/mol. The normalized spacial score (nSPS) is 11.5. The monoisotopic (exact) mass is 219 g/mol. The highest BCUT2D eigenvalue weighted by Gasteiger charge is 2.02. The summed E-state index contributed by atoms with van der Waals surface area (Å²) in [6.07, 6.45) is 1.73. The molecule has 0 spiro atoms. The smallest absolute Gasteiger partial charge is 0.243 e. The van der Waals surface area contributed by atoms with E-state index in [1.54, 1.807) is 0 Å². The number of nitrogens with one attached hydrogen (secondary N) is 2. The summed E-state index contributed by atoms with van der Waals surface area (Å²) in [5, 5.41) is 9.03. The first-order valence-corrected chi connectivity index (χ1v) is 6.13. The highest BCUT2D eigenvalue weighted by molar-refractivity contribution is 7.90. The molecule has 0 aliphatic rings. The van der Waals surface area contributed by atoms with Crippen molar-refractivity contribution in [2.45, 2.75) is 6.42 Å². The molecule has 0 bridgehead atoms. The van der Waals surface area contributed by atoms with E-state index in [-0.39, 0.29) is 11.7 Å². The second-order valence-electron chi connectivity index (χ2n) is 2.95. The minimum atomic E-state index is -2.89. The van der Waals surface area contributed by atoms with Gasteiger partial charge in [0.2, 0.25) is 11.9 Å². The molecule has 0 fully saturated rings. The first kappa shape index (κ1) is 10.8. The number of anilines is 2. The van der Waals surface area contributed by atoms with Gasteiger partial charge in [-0.2, -0.15) is 4.98 Å². The lowest BCUT2D eigenvalue weighted by molar-refractivity contribution is 0.600. The van der Waals surface area contributed by atoms with Crippen LogP contribution in [-0.2, 0) is 9.84 Å². The first-order chi connectivity index (χ1) is 6.47. The molecule has 0 atom stereocenters. The van der Waals surface area contributed by atoms with E-state index in [9.17, 15) is 8.42 Å². The van der Waals surface area contributed by atoms with Crippen LogP contribution in [0.1, 0.15) is 6.42 Å². The van der Waals surface area contributed by atoms with E-state index in [0.29, 0.717) is 18.9 Å². The van der Waals surface area contributed by atoms with Crippen molar-refractivity contribution in [1.29, 1.82) is 0 Å². The van der Waals surface area contributed by atoms with Gasteiger partial charge in [0.25, 0.3) is 0 Å². The number of aromatic nitrogens is 3. The fourth-order valence-corrected chi connectivity index (χ4v) is 1.56. The number of nitrogen functional groups attached to an aromatic ring is 1. The highest BCUT2D eigenvalue weighted by atomic mass is 32.2. The number of aromatic amines is 1. The third kappa shape index (κ3) is 4.08. The van der Waals surface area contributed by atoms with Gasteiger partial charge in [-0.15, -0.1) is 5.10 Å². The Balaban J connectivity index is 2.23. The third-order valence-corrected chi connectivity index (χ3v) is 2.51. The summed E-state index contributed by atoms with van der Waals surface area (Å²) in [7, 11) is -2.89. The van der Waals surface area contributed by atoms with E-state index in [1.807, 2.05) is 0 Å². The number of H-pyrrole nitrogens is 1. The zero-order valence-corrected chi connectivity index (χ0v) is 8.63. The molecular formula is C6H13N5O2S. The Kier molecular flexibility index (Phi) is 3.28. The zero-order valence-electron chi connectivity index (χ0n) is 7.82. The molecule has 4 N–H and O–H groups in total. The average Bonchev–Trinajstić information content (AvgIpc) is 2.44. The van der Waals surface area contributed by atoms with Crippen LogP contribution >= 0.6 is 0 Å². The molecule has 1 aromatic rings. The quantitative estimate of drug-likeness (QED) is 0.560. The first-order valence-electron chi connectivity index (χ1n) is 4.07. The Morgan fingerprint density at radius 2 is 2.29 bits per heavy atom. The second-order valence-corrected chi connectivity index (χ2v) is 5.21. The van der Waals surface area contributed by atoms with E-state index in [0.717, 1.165) is 0 Å². The van der Waals surface area contributed by atoms with Gasteiger partial charge in [0, 0.05) is 12.8 Å². The standard InChI is InChI=1S/C6H13N5O2S/c1-14(12,13)4-2-3-8-6-9-5(7)10-11-6/h2-4H2,1H3,(H4,7,8,9,10,11). The van der Waals surface area contributed by atoms with Gasteiger partial charge in [-0.05, 0) is 6.42 Å². The van der Waals surface area contributed by atoms with Gasteiger partial charge in [0.15, 0.2) is 0 Å². The van der Waals surface area contributed by atoms with Crippen molar-refractivity contribution in [2.75, 3.05) is 29.6 Å². The van der Waals surface area contributed by atoms with E-state index in [4.69, 9.17) is 5.73 Å². The maximum atomic E-state index is 10.8. The molecule has 8 heteroatoms. The lowest BCUT2D eigenvalue weighted by Crippen LogP contribution is -2.10. The van der Waals surface area contributed by atoms with Gasteiger partial charge in [0.05, 0.1) is 5.75 Å². The van der Waals surface area contributed by atoms with E-state index in [2.05, 4.69) is 20.5 Å². The van der Waals surface area contributed by atoms with Crippen molar-refractivity contribution in [3.8, 4) is 0 Å². The van der Waals surface area contributed by atoms with Gasteiger partial charge in [0.1, 0.15) is 9.84 Å². The molecule has 0 saturated carbocycles. The van der Waals surface area contributed by atoms with E-state index < -0.39 is 9.84 Å². The molecule has 1 heterocycles. The number of hydrogen-bond donors (Lipinski definition) is 3. The zero-order chi connectivity index (χ0) is 10.6. The van der Waals surface area contributed by atoms with Gasteiger partial charge >= 0.3 is 0 Å². The Labute approximate surface area is 82.0 Å². The summed E-state index contributed by atoms with van der Waals surface area (Å²) in [5.74, 6) is 0.770. The molecule has 1 rings (SSSR count). The molecule has 14 heavy (non-hydrogen) atoms. The molecule has 0 unspecified atom stereocenters. The van der Waals surface area contributed by atoms with Crippen LogP contribution in [0, 0.1) is 0 Å². The molecule has 0 aliphatic heterocycles. The van der Waals surface area contributed by atoms with Crippen molar-refractivity contribution in [2.24, 2.45) is 0 Å². The minimum Gasteiger partial charge on any atom is -0.368 e. The fraction of sp³-hybridized carbons (Fsp3) is 0.667. The Bertz CT molecular complexity index is 385. The number of nitrogens with two attached hydrogens (primary N) is 1. The van der Waals surface area contributed by atoms with Crippen molar-refractivity contribution < 1.29 is 8.42 Å². The molecule has 0 saturated heterocycles. The van der Waals surface area contributed by atoms with Crippen LogP contribution in [0.15, 0.2) is 0 Å². The minimum absolute atomic E-state index is 0.153. The molecule has 7 nitrogen and oxygen atoms in total. The van der Waals surface area contributed by atoms with Crippen molar-refractivity contribution in [3.63, 3.8) is 0 Å². The lowest BCUT2D eigenvalue weighted by Gasteiger charge is -1.99. The van der Waals surface area contributed by atoms with Crippen molar-refractivity contribution in [1.82, 2.24) is 15.2 Å². The van der Waals surface area contributed by atoms with Gasteiger partial charge in [-0.25, -0.2) is 13.5 Å². The predicted octanol–water partition coefficient (Wildman–Crippen LogP) is -0.766. The van der Waals surface area contributed by atoms with Crippen LogP contribution in [0.4, 0.5) is 11.9 Å². The number of nitrogens with zero attached hydrogens (tertiary/aromatic N) is 2. The molecule has 0 radical (unpaired) electrons. The summed E-state index contributed by atoms with van der Waals surface area (Å²) in [6, 6.07) is 0. The molecule has 0 aromatic carbocycles.